The zero-order valence-electron chi connectivity index (χ0n) is 10.1. The van der Waals surface area contributed by atoms with Crippen molar-refractivity contribution in [3.8, 4) is 0 Å². The van der Waals surface area contributed by atoms with Gasteiger partial charge in [0, 0.05) is 19.2 Å². The van der Waals surface area contributed by atoms with Gasteiger partial charge in [-0.1, -0.05) is 0 Å². The summed E-state index contributed by atoms with van der Waals surface area (Å²) < 4.78 is 31.8. The van der Waals surface area contributed by atoms with Gasteiger partial charge in [-0.05, 0) is 6.07 Å². The maximum atomic E-state index is 13.6. The number of anilines is 1. The molecule has 1 aromatic rings. The van der Waals surface area contributed by atoms with Crippen molar-refractivity contribution in [3.63, 3.8) is 0 Å². The van der Waals surface area contributed by atoms with Gasteiger partial charge >= 0.3 is 0 Å². The number of rotatable bonds is 2. The highest BCUT2D eigenvalue weighted by Crippen LogP contribution is 2.19. The number of aliphatic hydroxyl groups is 1. The summed E-state index contributed by atoms with van der Waals surface area (Å²) in [5, 5.41) is 8.99. The highest BCUT2D eigenvalue weighted by molar-refractivity contribution is 5.95. The van der Waals surface area contributed by atoms with E-state index in [1.54, 1.807) is 0 Å². The number of carbonyl (C=O) groups is 1. The molecular formula is C12H14F2N2O3. The first-order valence-corrected chi connectivity index (χ1v) is 5.79. The van der Waals surface area contributed by atoms with Gasteiger partial charge in [-0.2, -0.15) is 0 Å². The minimum atomic E-state index is -0.955. The molecule has 0 saturated carbocycles. The quantitative estimate of drug-likeness (QED) is 0.763. The molecule has 19 heavy (non-hydrogen) atoms. The third-order valence-corrected chi connectivity index (χ3v) is 2.95. The fourth-order valence-corrected chi connectivity index (χ4v) is 1.91. The van der Waals surface area contributed by atoms with Crippen molar-refractivity contribution < 1.29 is 23.4 Å². The minimum Gasteiger partial charge on any atom is -0.396 e. The van der Waals surface area contributed by atoms with Gasteiger partial charge in [0.15, 0.2) is 0 Å². The Morgan fingerprint density at radius 2 is 2.21 bits per heavy atom. The van der Waals surface area contributed by atoms with E-state index in [0.29, 0.717) is 6.07 Å². The zero-order chi connectivity index (χ0) is 14.0. The molecule has 0 radical (unpaired) electrons. The summed E-state index contributed by atoms with van der Waals surface area (Å²) in [6, 6.07) is 1.57. The monoisotopic (exact) mass is 272 g/mol. The van der Waals surface area contributed by atoms with Crippen molar-refractivity contribution in [2.45, 2.75) is 6.10 Å². The summed E-state index contributed by atoms with van der Waals surface area (Å²) in [6.07, 6.45) is -0.487. The van der Waals surface area contributed by atoms with E-state index < -0.39 is 23.6 Å². The topological polar surface area (TPSA) is 75.8 Å². The number of nitrogen functional groups attached to an aromatic ring is 1. The van der Waals surface area contributed by atoms with E-state index in [1.807, 2.05) is 0 Å². The zero-order valence-corrected chi connectivity index (χ0v) is 10.1. The summed E-state index contributed by atoms with van der Waals surface area (Å²) >= 11 is 0. The smallest absolute Gasteiger partial charge is 0.257 e. The van der Waals surface area contributed by atoms with Gasteiger partial charge in [0.1, 0.15) is 11.6 Å². The van der Waals surface area contributed by atoms with Gasteiger partial charge in [-0.25, -0.2) is 8.78 Å². The molecule has 5 nitrogen and oxygen atoms in total. The molecule has 1 aromatic carbocycles. The van der Waals surface area contributed by atoms with Crippen LogP contribution in [0.4, 0.5) is 14.5 Å². The SMILES string of the molecule is Nc1cc(C(=O)N2CCOC(CO)C2)c(F)cc1F. The molecule has 104 valence electrons. The summed E-state index contributed by atoms with van der Waals surface area (Å²) in [5.41, 5.74) is 4.77. The normalized spacial score (nSPS) is 19.5. The van der Waals surface area contributed by atoms with Crippen LogP contribution in [-0.2, 0) is 4.74 Å². The average Bonchev–Trinajstić information content (AvgIpc) is 2.42. The Hall–Kier alpha value is -1.73. The van der Waals surface area contributed by atoms with Crippen LogP contribution < -0.4 is 5.73 Å². The Labute approximate surface area is 108 Å². The number of hydrogen-bond donors (Lipinski definition) is 2. The largest absolute Gasteiger partial charge is 0.396 e. The predicted octanol–water partition coefficient (Wildman–Crippen LogP) is 0.380. The summed E-state index contributed by atoms with van der Waals surface area (Å²) in [5.74, 6) is -2.45. The molecule has 1 atom stereocenters. The molecule has 0 spiro atoms. The number of nitrogens with zero attached hydrogens (tertiary/aromatic N) is 1. The molecule has 0 aliphatic carbocycles. The first-order valence-electron chi connectivity index (χ1n) is 5.79. The van der Waals surface area contributed by atoms with Crippen LogP contribution in [0.25, 0.3) is 0 Å². The standard InChI is InChI=1S/C12H14F2N2O3/c13-9-4-10(14)11(15)3-8(9)12(18)16-1-2-19-7(5-16)6-17/h3-4,7,17H,1-2,5-6,15H2. The fourth-order valence-electron chi connectivity index (χ4n) is 1.91. The lowest BCUT2D eigenvalue weighted by atomic mass is 10.1. The first kappa shape index (κ1) is 13.7. The lowest BCUT2D eigenvalue weighted by molar-refractivity contribution is -0.0448. The third-order valence-electron chi connectivity index (χ3n) is 2.95. The highest BCUT2D eigenvalue weighted by Gasteiger charge is 2.26. The van der Waals surface area contributed by atoms with E-state index in [9.17, 15) is 13.6 Å². The molecule has 1 heterocycles. The molecule has 0 aromatic heterocycles. The van der Waals surface area contributed by atoms with Gasteiger partial charge in [0.2, 0.25) is 0 Å². The van der Waals surface area contributed by atoms with E-state index in [2.05, 4.69) is 0 Å². The molecule has 1 amide bonds. The molecule has 2 rings (SSSR count). The van der Waals surface area contributed by atoms with Crippen molar-refractivity contribution in [2.75, 3.05) is 32.0 Å². The Morgan fingerprint density at radius 3 is 2.89 bits per heavy atom. The van der Waals surface area contributed by atoms with E-state index in [-0.39, 0.29) is 37.6 Å². The number of aliphatic hydroxyl groups excluding tert-OH is 1. The second-order valence-electron chi connectivity index (χ2n) is 4.28. The molecule has 1 aliphatic rings. The molecular weight excluding hydrogens is 258 g/mol. The van der Waals surface area contributed by atoms with E-state index in [4.69, 9.17) is 15.6 Å². The van der Waals surface area contributed by atoms with E-state index >= 15 is 0 Å². The van der Waals surface area contributed by atoms with Crippen molar-refractivity contribution in [1.82, 2.24) is 4.90 Å². The second-order valence-corrected chi connectivity index (χ2v) is 4.28. The molecule has 1 aliphatic heterocycles. The van der Waals surface area contributed by atoms with Gasteiger partial charge < -0.3 is 20.5 Å². The van der Waals surface area contributed by atoms with Crippen molar-refractivity contribution in [3.05, 3.63) is 29.3 Å². The maximum absolute atomic E-state index is 13.6. The molecule has 3 N–H and O–H groups in total. The van der Waals surface area contributed by atoms with Crippen molar-refractivity contribution >= 4 is 11.6 Å². The number of carbonyl (C=O) groups excluding carboxylic acids is 1. The Bertz CT molecular complexity index is 496. The minimum absolute atomic E-state index is 0.159. The molecule has 0 bridgehead atoms. The molecule has 1 saturated heterocycles. The summed E-state index contributed by atoms with van der Waals surface area (Å²) in [4.78, 5) is 13.5. The number of hydrogen-bond acceptors (Lipinski definition) is 4. The van der Waals surface area contributed by atoms with Crippen LogP contribution in [0.5, 0.6) is 0 Å². The van der Waals surface area contributed by atoms with Crippen LogP contribution in [0, 0.1) is 11.6 Å². The van der Waals surface area contributed by atoms with Crippen LogP contribution in [-0.4, -0.2) is 48.3 Å². The maximum Gasteiger partial charge on any atom is 0.257 e. The number of ether oxygens (including phenoxy) is 1. The lowest BCUT2D eigenvalue weighted by Crippen LogP contribution is -2.47. The van der Waals surface area contributed by atoms with Crippen LogP contribution in [0.3, 0.4) is 0 Å². The fraction of sp³-hybridized carbons (Fsp3) is 0.417. The number of halogens is 2. The van der Waals surface area contributed by atoms with Crippen LogP contribution in [0.15, 0.2) is 12.1 Å². The lowest BCUT2D eigenvalue weighted by Gasteiger charge is -2.32. The highest BCUT2D eigenvalue weighted by atomic mass is 19.1. The second kappa shape index (κ2) is 5.50. The van der Waals surface area contributed by atoms with Gasteiger partial charge in [0.05, 0.1) is 30.6 Å². The average molecular weight is 272 g/mol. The first-order chi connectivity index (χ1) is 9.02. The van der Waals surface area contributed by atoms with Crippen LogP contribution >= 0.6 is 0 Å². The number of morpholine rings is 1. The Balaban J connectivity index is 2.22. The van der Waals surface area contributed by atoms with Gasteiger partial charge in [-0.3, -0.25) is 4.79 Å². The summed E-state index contributed by atoms with van der Waals surface area (Å²) in [7, 11) is 0. The van der Waals surface area contributed by atoms with Crippen molar-refractivity contribution in [2.24, 2.45) is 0 Å². The van der Waals surface area contributed by atoms with Crippen LogP contribution in [0.1, 0.15) is 10.4 Å². The Morgan fingerprint density at radius 1 is 1.47 bits per heavy atom. The number of benzene rings is 1. The predicted molar refractivity (Wildman–Crippen MR) is 63.5 cm³/mol. The van der Waals surface area contributed by atoms with Crippen LogP contribution in [0.2, 0.25) is 0 Å². The van der Waals surface area contributed by atoms with Gasteiger partial charge in [-0.15, -0.1) is 0 Å². The van der Waals surface area contributed by atoms with Crippen molar-refractivity contribution in [1.29, 1.82) is 0 Å². The van der Waals surface area contributed by atoms with E-state index in [1.165, 1.54) is 4.90 Å². The number of amides is 1. The third kappa shape index (κ3) is 2.82. The molecule has 7 heteroatoms. The van der Waals surface area contributed by atoms with Gasteiger partial charge in [0.25, 0.3) is 5.91 Å². The van der Waals surface area contributed by atoms with E-state index in [0.717, 1.165) is 6.07 Å². The Kier molecular flexibility index (Phi) is 3.96. The molecule has 1 fully saturated rings. The summed E-state index contributed by atoms with van der Waals surface area (Å²) in [6.45, 7) is 0.477. The molecule has 1 unspecified atom stereocenters. The number of nitrogens with two attached hydrogens (primary N) is 1.